The Balaban J connectivity index is 2.10. The van der Waals surface area contributed by atoms with E-state index in [4.69, 9.17) is 0 Å². The first-order chi connectivity index (χ1) is 9.97. The van der Waals surface area contributed by atoms with Gasteiger partial charge >= 0.3 is 6.03 Å². The van der Waals surface area contributed by atoms with Gasteiger partial charge in [-0.2, -0.15) is 0 Å². The van der Waals surface area contributed by atoms with E-state index < -0.39 is 11.0 Å². The molecule has 108 valence electrons. The molecule has 0 saturated heterocycles. The molecule has 2 amide bonds. The summed E-state index contributed by atoms with van der Waals surface area (Å²) in [4.78, 5) is 22.1. The maximum absolute atomic E-state index is 11.9. The number of carbonyl (C=O) groups excluding carboxylic acids is 1. The molecule has 0 fully saturated rings. The van der Waals surface area contributed by atoms with E-state index in [-0.39, 0.29) is 5.69 Å². The van der Waals surface area contributed by atoms with Crippen LogP contribution in [0.3, 0.4) is 0 Å². The first-order valence-electron chi connectivity index (χ1n) is 6.05. The predicted molar refractivity (Wildman–Crippen MR) is 84.6 cm³/mol. The lowest BCUT2D eigenvalue weighted by atomic mass is 10.2. The number of aryl methyl sites for hydroxylation is 1. The topological polar surface area (TPSA) is 84.3 Å². The Morgan fingerprint density at radius 2 is 1.90 bits per heavy atom. The quantitative estimate of drug-likeness (QED) is 0.639. The zero-order chi connectivity index (χ0) is 15.4. The average Bonchev–Trinajstić information content (AvgIpc) is 2.44. The van der Waals surface area contributed by atoms with Crippen molar-refractivity contribution in [3.8, 4) is 0 Å². The minimum atomic E-state index is -0.514. The van der Waals surface area contributed by atoms with Gasteiger partial charge in [0.2, 0.25) is 0 Å². The molecular weight excluding hydrogens is 338 g/mol. The van der Waals surface area contributed by atoms with Crippen molar-refractivity contribution in [1.82, 2.24) is 0 Å². The Morgan fingerprint density at radius 1 is 1.19 bits per heavy atom. The summed E-state index contributed by atoms with van der Waals surface area (Å²) in [6.45, 7) is 1.91. The summed E-state index contributed by atoms with van der Waals surface area (Å²) in [5.41, 5.74) is 1.89. The average molecular weight is 350 g/mol. The van der Waals surface area contributed by atoms with E-state index in [0.29, 0.717) is 11.4 Å². The summed E-state index contributed by atoms with van der Waals surface area (Å²) in [6.07, 6.45) is 0. The third kappa shape index (κ3) is 3.79. The molecule has 2 N–H and O–H groups in total. The number of nitrogens with one attached hydrogen (secondary N) is 2. The molecule has 0 aliphatic heterocycles. The summed E-state index contributed by atoms with van der Waals surface area (Å²) < 4.78 is 0.791. The fraction of sp³-hybridized carbons (Fsp3) is 0.0714. The molecule has 21 heavy (non-hydrogen) atoms. The molecule has 6 nitrogen and oxygen atoms in total. The van der Waals surface area contributed by atoms with Gasteiger partial charge < -0.3 is 10.6 Å². The Bertz CT molecular complexity index is 704. The Hall–Kier alpha value is -2.41. The van der Waals surface area contributed by atoms with Crippen LogP contribution in [0.15, 0.2) is 46.9 Å². The van der Waals surface area contributed by atoms with E-state index >= 15 is 0 Å². The van der Waals surface area contributed by atoms with E-state index in [1.807, 2.05) is 19.1 Å². The third-order valence-electron chi connectivity index (χ3n) is 2.75. The fourth-order valence-electron chi connectivity index (χ4n) is 1.73. The minimum Gasteiger partial charge on any atom is -0.307 e. The van der Waals surface area contributed by atoms with Crippen LogP contribution in [0.2, 0.25) is 0 Å². The first-order valence-corrected chi connectivity index (χ1v) is 6.84. The summed E-state index contributed by atoms with van der Waals surface area (Å²) in [5.74, 6) is 0. The van der Waals surface area contributed by atoms with Crippen LogP contribution >= 0.6 is 15.9 Å². The lowest BCUT2D eigenvalue weighted by molar-refractivity contribution is -0.384. The van der Waals surface area contributed by atoms with Crippen molar-refractivity contribution in [3.63, 3.8) is 0 Å². The van der Waals surface area contributed by atoms with E-state index in [0.717, 1.165) is 10.0 Å². The van der Waals surface area contributed by atoms with Crippen LogP contribution in [-0.2, 0) is 0 Å². The van der Waals surface area contributed by atoms with Gasteiger partial charge in [0.1, 0.15) is 0 Å². The Labute approximate surface area is 129 Å². The zero-order valence-electron chi connectivity index (χ0n) is 11.1. The maximum Gasteiger partial charge on any atom is 0.323 e. The highest BCUT2D eigenvalue weighted by molar-refractivity contribution is 9.10. The number of anilines is 2. The second-order valence-corrected chi connectivity index (χ2v) is 5.12. The number of halogens is 1. The molecule has 0 radical (unpaired) electrons. The molecular formula is C14H12BrN3O3. The number of hydrogen-bond donors (Lipinski definition) is 2. The zero-order valence-corrected chi connectivity index (χ0v) is 12.7. The molecule has 0 aliphatic rings. The molecule has 2 aromatic carbocycles. The summed E-state index contributed by atoms with van der Waals surface area (Å²) in [5, 5.41) is 15.9. The largest absolute Gasteiger partial charge is 0.323 e. The van der Waals surface area contributed by atoms with Crippen molar-refractivity contribution in [2.24, 2.45) is 0 Å². The standard InChI is InChI=1S/C14H12BrN3O3/c1-9-4-2-7-12(13(9)15)17-14(19)16-10-5-3-6-11(8-10)18(20)21/h2-8H,1H3,(H2,16,17,19). The van der Waals surface area contributed by atoms with Crippen molar-refractivity contribution in [2.75, 3.05) is 10.6 Å². The number of amides is 2. The summed E-state index contributed by atoms with van der Waals surface area (Å²) >= 11 is 3.39. The third-order valence-corrected chi connectivity index (χ3v) is 3.81. The highest BCUT2D eigenvalue weighted by atomic mass is 79.9. The number of non-ortho nitro benzene ring substituents is 1. The van der Waals surface area contributed by atoms with Gasteiger partial charge in [-0.05, 0) is 40.5 Å². The van der Waals surface area contributed by atoms with Gasteiger partial charge in [0.25, 0.3) is 5.69 Å². The van der Waals surface area contributed by atoms with Crippen LogP contribution in [0.4, 0.5) is 21.9 Å². The van der Waals surface area contributed by atoms with E-state index in [1.54, 1.807) is 12.1 Å². The number of hydrogen-bond acceptors (Lipinski definition) is 3. The highest BCUT2D eigenvalue weighted by Gasteiger charge is 2.10. The van der Waals surface area contributed by atoms with Crippen molar-refractivity contribution in [3.05, 3.63) is 62.6 Å². The molecule has 0 bridgehead atoms. The van der Waals surface area contributed by atoms with E-state index in [2.05, 4.69) is 26.6 Å². The molecule has 0 saturated carbocycles. The van der Waals surface area contributed by atoms with Gasteiger partial charge in [0, 0.05) is 22.3 Å². The second-order valence-electron chi connectivity index (χ2n) is 4.32. The minimum absolute atomic E-state index is 0.0791. The van der Waals surface area contributed by atoms with Crippen LogP contribution in [-0.4, -0.2) is 11.0 Å². The molecule has 0 aliphatic carbocycles. The molecule has 7 heteroatoms. The lowest BCUT2D eigenvalue weighted by Crippen LogP contribution is -2.19. The molecule has 0 unspecified atom stereocenters. The second kappa shape index (κ2) is 6.36. The van der Waals surface area contributed by atoms with E-state index in [1.165, 1.54) is 18.2 Å². The van der Waals surface area contributed by atoms with Gasteiger partial charge in [-0.3, -0.25) is 10.1 Å². The SMILES string of the molecule is Cc1cccc(NC(=O)Nc2cccc([N+](=O)[O-])c2)c1Br. The van der Waals surface area contributed by atoms with Crippen LogP contribution in [0, 0.1) is 17.0 Å². The number of nitro benzene ring substituents is 1. The number of nitrogens with zero attached hydrogens (tertiary/aromatic N) is 1. The lowest BCUT2D eigenvalue weighted by Gasteiger charge is -2.10. The van der Waals surface area contributed by atoms with Gasteiger partial charge in [-0.1, -0.05) is 18.2 Å². The van der Waals surface area contributed by atoms with Crippen molar-refractivity contribution < 1.29 is 9.72 Å². The molecule has 0 heterocycles. The molecule has 0 spiro atoms. The molecule has 2 rings (SSSR count). The summed E-state index contributed by atoms with van der Waals surface area (Å²) in [7, 11) is 0. The van der Waals surface area contributed by atoms with Gasteiger partial charge in [-0.25, -0.2) is 4.79 Å². The predicted octanol–water partition coefficient (Wildman–Crippen LogP) is 4.31. The molecule has 0 aromatic heterocycles. The highest BCUT2D eigenvalue weighted by Crippen LogP contribution is 2.26. The summed E-state index contributed by atoms with van der Waals surface area (Å²) in [6, 6.07) is 10.8. The molecule has 2 aromatic rings. The van der Waals surface area contributed by atoms with Crippen LogP contribution in [0.5, 0.6) is 0 Å². The normalized spacial score (nSPS) is 10.0. The van der Waals surface area contributed by atoms with Crippen molar-refractivity contribution in [1.29, 1.82) is 0 Å². The van der Waals surface area contributed by atoms with Gasteiger partial charge in [-0.15, -0.1) is 0 Å². The van der Waals surface area contributed by atoms with Crippen LogP contribution in [0.25, 0.3) is 0 Å². The smallest absolute Gasteiger partial charge is 0.307 e. The number of benzene rings is 2. The van der Waals surface area contributed by atoms with Gasteiger partial charge in [0.15, 0.2) is 0 Å². The number of rotatable bonds is 3. The number of urea groups is 1. The number of nitro groups is 1. The van der Waals surface area contributed by atoms with Gasteiger partial charge in [0.05, 0.1) is 10.6 Å². The Kier molecular flexibility index (Phi) is 4.54. The molecule has 0 atom stereocenters. The number of carbonyl (C=O) groups is 1. The van der Waals surface area contributed by atoms with Crippen molar-refractivity contribution in [2.45, 2.75) is 6.92 Å². The maximum atomic E-state index is 11.9. The van der Waals surface area contributed by atoms with Crippen LogP contribution in [0.1, 0.15) is 5.56 Å². The Morgan fingerprint density at radius 3 is 2.62 bits per heavy atom. The van der Waals surface area contributed by atoms with Crippen molar-refractivity contribution >= 4 is 39.0 Å². The first kappa shape index (κ1) is 15.0. The monoisotopic (exact) mass is 349 g/mol. The fourth-order valence-corrected chi connectivity index (χ4v) is 2.09. The van der Waals surface area contributed by atoms with Crippen LogP contribution < -0.4 is 10.6 Å². The van der Waals surface area contributed by atoms with E-state index in [9.17, 15) is 14.9 Å².